The van der Waals surface area contributed by atoms with E-state index in [1.165, 1.54) is 18.2 Å². The van der Waals surface area contributed by atoms with E-state index in [1.807, 2.05) is 0 Å². The van der Waals surface area contributed by atoms with Gasteiger partial charge in [-0.25, -0.2) is 4.39 Å². The molecule has 0 spiro atoms. The van der Waals surface area contributed by atoms with E-state index >= 15 is 0 Å². The van der Waals surface area contributed by atoms with E-state index in [-0.39, 0.29) is 12.0 Å². The minimum absolute atomic E-state index is 0.163. The quantitative estimate of drug-likeness (QED) is 0.921. The van der Waals surface area contributed by atoms with Crippen molar-refractivity contribution in [1.82, 2.24) is 0 Å². The van der Waals surface area contributed by atoms with Gasteiger partial charge in [-0.3, -0.25) is 4.79 Å². The molecule has 0 saturated heterocycles. The minimum Gasteiger partial charge on any atom is -0.481 e. The van der Waals surface area contributed by atoms with Crippen LogP contribution in [0.3, 0.4) is 0 Å². The maximum absolute atomic E-state index is 13.7. The smallest absolute Gasteiger partial charge is 0.311 e. The summed E-state index contributed by atoms with van der Waals surface area (Å²) >= 11 is 6.01. The van der Waals surface area contributed by atoms with E-state index in [9.17, 15) is 14.3 Å². The van der Waals surface area contributed by atoms with Crippen LogP contribution in [-0.2, 0) is 11.2 Å². The summed E-state index contributed by atoms with van der Waals surface area (Å²) in [5.74, 6) is -2.52. The van der Waals surface area contributed by atoms with Crippen LogP contribution in [0.5, 0.6) is 0 Å². The summed E-state index contributed by atoms with van der Waals surface area (Å²) in [6.07, 6.45) is 0.163. The number of carboxylic acid groups (broad SMARTS) is 1. The van der Waals surface area contributed by atoms with Gasteiger partial charge in [0.15, 0.2) is 0 Å². The second-order valence-electron chi connectivity index (χ2n) is 4.21. The number of hydrogen-bond donors (Lipinski definition) is 1. The first-order valence-electron chi connectivity index (χ1n) is 5.80. The summed E-state index contributed by atoms with van der Waals surface area (Å²) in [6, 6.07) is 12.9. The van der Waals surface area contributed by atoms with Gasteiger partial charge in [-0.2, -0.15) is 0 Å². The van der Waals surface area contributed by atoms with Crippen LogP contribution >= 0.6 is 11.6 Å². The van der Waals surface area contributed by atoms with Crippen LogP contribution in [0.2, 0.25) is 5.02 Å². The van der Waals surface area contributed by atoms with Crippen LogP contribution in [0, 0.1) is 5.82 Å². The minimum atomic E-state index is -1.06. The predicted octanol–water partition coefficient (Wildman–Crippen LogP) is 3.89. The zero-order chi connectivity index (χ0) is 13.8. The summed E-state index contributed by atoms with van der Waals surface area (Å²) < 4.78 is 13.7. The molecule has 4 heteroatoms. The number of halogens is 2. The molecule has 0 aliphatic carbocycles. The Hall–Kier alpha value is -1.87. The Balaban J connectivity index is 2.35. The van der Waals surface area contributed by atoms with E-state index < -0.39 is 17.7 Å². The molecule has 1 atom stereocenters. The molecule has 2 rings (SSSR count). The third kappa shape index (κ3) is 3.12. The monoisotopic (exact) mass is 278 g/mol. The fraction of sp³-hybridized carbons (Fsp3) is 0.133. The van der Waals surface area contributed by atoms with Crippen molar-refractivity contribution >= 4 is 17.6 Å². The molecule has 2 aromatic carbocycles. The summed E-state index contributed by atoms with van der Waals surface area (Å²) in [5, 5.41) is 9.78. The van der Waals surface area contributed by atoms with Gasteiger partial charge in [-0.1, -0.05) is 48.0 Å². The molecule has 98 valence electrons. The molecule has 2 nitrogen and oxygen atoms in total. The van der Waals surface area contributed by atoms with Crippen molar-refractivity contribution < 1.29 is 14.3 Å². The molecule has 1 N–H and O–H groups in total. The van der Waals surface area contributed by atoms with Crippen molar-refractivity contribution in [3.63, 3.8) is 0 Å². The third-order valence-corrected chi connectivity index (χ3v) is 3.33. The predicted molar refractivity (Wildman–Crippen MR) is 71.9 cm³/mol. The standard InChI is InChI=1S/C15H12ClFO2/c16-13-7-3-1-5-10(13)9-12(15(18)19)11-6-2-4-8-14(11)17/h1-8,12H,9H2,(H,18,19). The number of aliphatic carboxylic acids is 1. The first kappa shape index (κ1) is 13.6. The summed E-state index contributed by atoms with van der Waals surface area (Å²) in [5.41, 5.74) is 0.870. The Bertz CT molecular complexity index is 598. The summed E-state index contributed by atoms with van der Waals surface area (Å²) in [6.45, 7) is 0. The van der Waals surface area contributed by atoms with Crippen molar-refractivity contribution in [2.45, 2.75) is 12.3 Å². The molecule has 0 fully saturated rings. The van der Waals surface area contributed by atoms with Crippen molar-refractivity contribution in [1.29, 1.82) is 0 Å². The average Bonchev–Trinajstić information content (AvgIpc) is 2.38. The zero-order valence-corrected chi connectivity index (χ0v) is 10.8. The van der Waals surface area contributed by atoms with Crippen molar-refractivity contribution in [2.24, 2.45) is 0 Å². The molecule has 0 amide bonds. The molecule has 0 aromatic heterocycles. The van der Waals surface area contributed by atoms with Crippen LogP contribution in [0.1, 0.15) is 17.0 Å². The average molecular weight is 279 g/mol. The van der Waals surface area contributed by atoms with Crippen LogP contribution in [0.25, 0.3) is 0 Å². The van der Waals surface area contributed by atoms with Gasteiger partial charge < -0.3 is 5.11 Å². The molecule has 1 unspecified atom stereocenters. The Morgan fingerprint density at radius 3 is 2.42 bits per heavy atom. The van der Waals surface area contributed by atoms with Crippen LogP contribution in [-0.4, -0.2) is 11.1 Å². The Morgan fingerprint density at radius 1 is 1.16 bits per heavy atom. The Labute approximate surface area is 115 Å². The molecule has 19 heavy (non-hydrogen) atoms. The van der Waals surface area contributed by atoms with Crippen molar-refractivity contribution in [2.75, 3.05) is 0 Å². The highest BCUT2D eigenvalue weighted by molar-refractivity contribution is 6.31. The van der Waals surface area contributed by atoms with Gasteiger partial charge in [0, 0.05) is 10.6 Å². The van der Waals surface area contributed by atoms with Gasteiger partial charge in [-0.15, -0.1) is 0 Å². The number of hydrogen-bond acceptors (Lipinski definition) is 1. The lowest BCUT2D eigenvalue weighted by molar-refractivity contribution is -0.138. The van der Waals surface area contributed by atoms with Crippen LogP contribution < -0.4 is 0 Å². The highest BCUT2D eigenvalue weighted by Crippen LogP contribution is 2.27. The lowest BCUT2D eigenvalue weighted by Gasteiger charge is -2.14. The molecule has 2 aromatic rings. The summed E-state index contributed by atoms with van der Waals surface area (Å²) in [4.78, 5) is 11.4. The highest BCUT2D eigenvalue weighted by atomic mass is 35.5. The second-order valence-corrected chi connectivity index (χ2v) is 4.62. The van der Waals surface area contributed by atoms with E-state index in [1.54, 1.807) is 30.3 Å². The normalized spacial score (nSPS) is 12.1. The van der Waals surface area contributed by atoms with Gasteiger partial charge in [0.25, 0.3) is 0 Å². The van der Waals surface area contributed by atoms with E-state index in [0.717, 1.165) is 0 Å². The lowest BCUT2D eigenvalue weighted by atomic mass is 9.91. The molecular weight excluding hydrogens is 267 g/mol. The largest absolute Gasteiger partial charge is 0.481 e. The molecule has 0 radical (unpaired) electrons. The fourth-order valence-electron chi connectivity index (χ4n) is 1.97. The van der Waals surface area contributed by atoms with Gasteiger partial charge in [0.05, 0.1) is 5.92 Å². The van der Waals surface area contributed by atoms with Crippen LogP contribution in [0.15, 0.2) is 48.5 Å². The van der Waals surface area contributed by atoms with Gasteiger partial charge in [0.1, 0.15) is 5.82 Å². The lowest BCUT2D eigenvalue weighted by Crippen LogP contribution is -2.16. The topological polar surface area (TPSA) is 37.3 Å². The van der Waals surface area contributed by atoms with Gasteiger partial charge in [-0.05, 0) is 24.1 Å². The maximum Gasteiger partial charge on any atom is 0.311 e. The van der Waals surface area contributed by atoms with E-state index in [2.05, 4.69) is 0 Å². The zero-order valence-electron chi connectivity index (χ0n) is 10.0. The van der Waals surface area contributed by atoms with E-state index in [0.29, 0.717) is 10.6 Å². The fourth-order valence-corrected chi connectivity index (χ4v) is 2.18. The second kappa shape index (κ2) is 5.85. The SMILES string of the molecule is O=C(O)C(Cc1ccccc1Cl)c1ccccc1F. The van der Waals surface area contributed by atoms with Crippen molar-refractivity contribution in [3.05, 3.63) is 70.5 Å². The van der Waals surface area contributed by atoms with Crippen LogP contribution in [0.4, 0.5) is 4.39 Å². The first-order chi connectivity index (χ1) is 9.09. The van der Waals surface area contributed by atoms with Gasteiger partial charge in [0.2, 0.25) is 0 Å². The molecular formula is C15H12ClFO2. The molecule has 0 aliphatic heterocycles. The number of rotatable bonds is 4. The molecule has 0 saturated carbocycles. The molecule has 0 heterocycles. The first-order valence-corrected chi connectivity index (χ1v) is 6.18. The number of carbonyl (C=O) groups is 1. The third-order valence-electron chi connectivity index (χ3n) is 2.96. The highest BCUT2D eigenvalue weighted by Gasteiger charge is 2.23. The molecule has 0 bridgehead atoms. The number of benzene rings is 2. The van der Waals surface area contributed by atoms with Gasteiger partial charge >= 0.3 is 5.97 Å². The Kier molecular flexibility index (Phi) is 4.17. The van der Waals surface area contributed by atoms with E-state index in [4.69, 9.17) is 11.6 Å². The maximum atomic E-state index is 13.7. The molecule has 0 aliphatic rings. The number of carboxylic acids is 1. The summed E-state index contributed by atoms with van der Waals surface area (Å²) in [7, 11) is 0. The Morgan fingerprint density at radius 2 is 1.79 bits per heavy atom. The van der Waals surface area contributed by atoms with Crippen molar-refractivity contribution in [3.8, 4) is 0 Å².